The van der Waals surface area contributed by atoms with E-state index in [1.807, 2.05) is 6.08 Å². The molecule has 0 amide bonds. The molecule has 0 aliphatic heterocycles. The second kappa shape index (κ2) is 6.96. The number of anilines is 1. The molecule has 0 fully saturated rings. The monoisotopic (exact) mass is 252 g/mol. The molecule has 0 saturated carbocycles. The minimum absolute atomic E-state index is 0.247. The maximum atomic E-state index is 10.8. The van der Waals surface area contributed by atoms with E-state index in [0.717, 1.165) is 18.1 Å². The molecule has 1 rings (SSSR count). The number of pyridine rings is 1. The van der Waals surface area contributed by atoms with Gasteiger partial charge in [-0.1, -0.05) is 6.08 Å². The standard InChI is InChI=1S/C12H16N2O2S/c1-3-7-17-8-6-13-11-5-4-10(12(15)16)9(2)14-11/h3-5H,1,6-8H2,2H3,(H,13,14)(H,15,16). The quantitative estimate of drug-likeness (QED) is 0.576. The predicted octanol–water partition coefficient (Wildman–Crippen LogP) is 2.42. The number of thioether (sulfide) groups is 1. The number of hydrogen-bond acceptors (Lipinski definition) is 4. The van der Waals surface area contributed by atoms with E-state index in [-0.39, 0.29) is 5.56 Å². The van der Waals surface area contributed by atoms with Gasteiger partial charge in [0.25, 0.3) is 0 Å². The Kier molecular flexibility index (Phi) is 5.56. The van der Waals surface area contributed by atoms with Crippen LogP contribution in [0.15, 0.2) is 24.8 Å². The van der Waals surface area contributed by atoms with Crippen LogP contribution < -0.4 is 5.32 Å². The molecule has 0 atom stereocenters. The van der Waals surface area contributed by atoms with Crippen molar-refractivity contribution in [1.29, 1.82) is 0 Å². The summed E-state index contributed by atoms with van der Waals surface area (Å²) in [4.78, 5) is 15.0. The van der Waals surface area contributed by atoms with Crippen molar-refractivity contribution in [1.82, 2.24) is 4.98 Å². The number of carboxylic acids is 1. The average Bonchev–Trinajstić information content (AvgIpc) is 2.28. The minimum Gasteiger partial charge on any atom is -0.478 e. The lowest BCUT2D eigenvalue weighted by Crippen LogP contribution is -2.08. The summed E-state index contributed by atoms with van der Waals surface area (Å²) in [6.45, 7) is 6.14. The molecule has 0 unspecified atom stereocenters. The number of nitrogens with one attached hydrogen (secondary N) is 1. The molecule has 0 aromatic carbocycles. The van der Waals surface area contributed by atoms with E-state index >= 15 is 0 Å². The molecule has 5 heteroatoms. The number of nitrogens with zero attached hydrogens (tertiary/aromatic N) is 1. The van der Waals surface area contributed by atoms with E-state index in [2.05, 4.69) is 16.9 Å². The molecule has 0 aliphatic carbocycles. The lowest BCUT2D eigenvalue weighted by molar-refractivity contribution is 0.0695. The maximum Gasteiger partial charge on any atom is 0.337 e. The average molecular weight is 252 g/mol. The van der Waals surface area contributed by atoms with Gasteiger partial charge in [0.1, 0.15) is 5.82 Å². The van der Waals surface area contributed by atoms with E-state index in [9.17, 15) is 4.79 Å². The Labute approximate surface area is 105 Å². The highest BCUT2D eigenvalue weighted by Crippen LogP contribution is 2.10. The van der Waals surface area contributed by atoms with E-state index in [4.69, 9.17) is 5.11 Å². The van der Waals surface area contributed by atoms with Gasteiger partial charge < -0.3 is 10.4 Å². The molecule has 0 saturated heterocycles. The van der Waals surface area contributed by atoms with Crippen LogP contribution in [-0.2, 0) is 0 Å². The van der Waals surface area contributed by atoms with Gasteiger partial charge >= 0.3 is 5.97 Å². The lowest BCUT2D eigenvalue weighted by atomic mass is 10.2. The number of carboxylic acid groups (broad SMARTS) is 1. The van der Waals surface area contributed by atoms with Crippen molar-refractivity contribution in [2.45, 2.75) is 6.92 Å². The maximum absolute atomic E-state index is 10.8. The van der Waals surface area contributed by atoms with E-state index in [1.165, 1.54) is 0 Å². The van der Waals surface area contributed by atoms with Crippen LogP contribution in [0.2, 0.25) is 0 Å². The Balaban J connectivity index is 2.47. The molecular formula is C12H16N2O2S. The van der Waals surface area contributed by atoms with Crippen LogP contribution in [0.25, 0.3) is 0 Å². The number of rotatable bonds is 7. The van der Waals surface area contributed by atoms with Crippen LogP contribution in [-0.4, -0.2) is 34.1 Å². The molecule has 0 aliphatic rings. The Bertz CT molecular complexity index is 407. The summed E-state index contributed by atoms with van der Waals surface area (Å²) >= 11 is 1.78. The van der Waals surface area contributed by atoms with Gasteiger partial charge in [0, 0.05) is 18.1 Å². The van der Waals surface area contributed by atoms with Gasteiger partial charge in [-0.2, -0.15) is 11.8 Å². The summed E-state index contributed by atoms with van der Waals surface area (Å²) in [6, 6.07) is 3.26. The SMILES string of the molecule is C=CCSCCNc1ccc(C(=O)O)c(C)n1. The first kappa shape index (κ1) is 13.6. The van der Waals surface area contributed by atoms with E-state index in [1.54, 1.807) is 30.8 Å². The van der Waals surface area contributed by atoms with Crippen LogP contribution in [0.5, 0.6) is 0 Å². The molecule has 92 valence electrons. The van der Waals surface area contributed by atoms with Gasteiger partial charge in [-0.25, -0.2) is 9.78 Å². The first-order valence-electron chi connectivity index (χ1n) is 5.28. The first-order valence-corrected chi connectivity index (χ1v) is 6.44. The van der Waals surface area contributed by atoms with Crippen LogP contribution in [0.3, 0.4) is 0 Å². The minimum atomic E-state index is -0.942. The number of hydrogen-bond donors (Lipinski definition) is 2. The van der Waals surface area contributed by atoms with Crippen LogP contribution in [0.4, 0.5) is 5.82 Å². The molecule has 1 aromatic rings. The summed E-state index contributed by atoms with van der Waals surface area (Å²) in [6.07, 6.45) is 1.87. The highest BCUT2D eigenvalue weighted by Gasteiger charge is 2.07. The summed E-state index contributed by atoms with van der Waals surface area (Å²) in [5.74, 6) is 1.68. The zero-order valence-corrected chi connectivity index (χ0v) is 10.6. The third kappa shape index (κ3) is 4.48. The summed E-state index contributed by atoms with van der Waals surface area (Å²) in [5.41, 5.74) is 0.776. The van der Waals surface area contributed by atoms with Crippen molar-refractivity contribution < 1.29 is 9.90 Å². The molecular weight excluding hydrogens is 236 g/mol. The van der Waals surface area contributed by atoms with Crippen LogP contribution in [0, 0.1) is 6.92 Å². The van der Waals surface area contributed by atoms with Crippen LogP contribution in [0.1, 0.15) is 16.1 Å². The van der Waals surface area contributed by atoms with Crippen molar-refractivity contribution in [2.75, 3.05) is 23.4 Å². The van der Waals surface area contributed by atoms with E-state index in [0.29, 0.717) is 11.5 Å². The summed E-state index contributed by atoms with van der Waals surface area (Å²) in [7, 11) is 0. The molecule has 1 heterocycles. The number of aromatic carboxylic acids is 1. The third-order valence-corrected chi connectivity index (χ3v) is 3.07. The van der Waals surface area contributed by atoms with Gasteiger partial charge in [-0.15, -0.1) is 6.58 Å². The van der Waals surface area contributed by atoms with Crippen LogP contribution >= 0.6 is 11.8 Å². The number of carbonyl (C=O) groups is 1. The summed E-state index contributed by atoms with van der Waals surface area (Å²) in [5, 5.41) is 12.0. The molecule has 1 aromatic heterocycles. The fourth-order valence-corrected chi connectivity index (χ4v) is 1.88. The van der Waals surface area contributed by atoms with Gasteiger partial charge in [-0.05, 0) is 19.1 Å². The Hall–Kier alpha value is -1.49. The third-order valence-electron chi connectivity index (χ3n) is 2.10. The van der Waals surface area contributed by atoms with Gasteiger partial charge in [-0.3, -0.25) is 0 Å². The van der Waals surface area contributed by atoms with E-state index < -0.39 is 5.97 Å². The Morgan fingerprint density at radius 3 is 3.00 bits per heavy atom. The Morgan fingerprint density at radius 2 is 2.41 bits per heavy atom. The fourth-order valence-electron chi connectivity index (χ4n) is 1.30. The van der Waals surface area contributed by atoms with Crippen molar-refractivity contribution >= 4 is 23.5 Å². The molecule has 4 nitrogen and oxygen atoms in total. The zero-order valence-electron chi connectivity index (χ0n) is 9.77. The van der Waals surface area contributed by atoms with Gasteiger partial charge in [0.15, 0.2) is 0 Å². The van der Waals surface area contributed by atoms with Crippen molar-refractivity contribution in [3.8, 4) is 0 Å². The predicted molar refractivity (Wildman–Crippen MR) is 71.9 cm³/mol. The van der Waals surface area contributed by atoms with Crippen molar-refractivity contribution in [3.63, 3.8) is 0 Å². The van der Waals surface area contributed by atoms with Crippen molar-refractivity contribution in [2.24, 2.45) is 0 Å². The molecule has 0 radical (unpaired) electrons. The largest absolute Gasteiger partial charge is 0.478 e. The highest BCUT2D eigenvalue weighted by atomic mass is 32.2. The fraction of sp³-hybridized carbons (Fsp3) is 0.333. The second-order valence-electron chi connectivity index (χ2n) is 3.42. The molecule has 2 N–H and O–H groups in total. The molecule has 0 spiro atoms. The van der Waals surface area contributed by atoms with Crippen molar-refractivity contribution in [3.05, 3.63) is 36.0 Å². The Morgan fingerprint density at radius 1 is 1.65 bits per heavy atom. The molecule has 0 bridgehead atoms. The second-order valence-corrected chi connectivity index (χ2v) is 4.57. The van der Waals surface area contributed by atoms with Gasteiger partial charge in [0.05, 0.1) is 11.3 Å². The highest BCUT2D eigenvalue weighted by molar-refractivity contribution is 7.99. The first-order chi connectivity index (χ1) is 8.15. The normalized spacial score (nSPS) is 9.94. The number of aryl methyl sites for hydroxylation is 1. The number of aromatic nitrogens is 1. The van der Waals surface area contributed by atoms with Gasteiger partial charge in [0.2, 0.25) is 0 Å². The smallest absolute Gasteiger partial charge is 0.337 e. The lowest BCUT2D eigenvalue weighted by Gasteiger charge is -2.07. The summed E-state index contributed by atoms with van der Waals surface area (Å²) < 4.78 is 0. The topological polar surface area (TPSA) is 62.2 Å². The molecule has 17 heavy (non-hydrogen) atoms. The zero-order chi connectivity index (χ0) is 12.7.